The third-order valence-corrected chi connectivity index (χ3v) is 5.08. The summed E-state index contributed by atoms with van der Waals surface area (Å²) < 4.78 is 25.2. The Hall–Kier alpha value is -3.68. The van der Waals surface area contributed by atoms with Gasteiger partial charge in [-0.15, -0.1) is 0 Å². The summed E-state index contributed by atoms with van der Waals surface area (Å²) in [6, 6.07) is 10.4. The molecular weight excluding hydrogens is 413 g/mol. The zero-order chi connectivity index (χ0) is 23.1. The Kier molecular flexibility index (Phi) is 7.59. The first kappa shape index (κ1) is 23.0. The smallest absolute Gasteiger partial charge is 0.316 e. The Morgan fingerprint density at radius 3 is 2.44 bits per heavy atom. The normalized spacial score (nSPS) is 11.6. The fourth-order valence-electron chi connectivity index (χ4n) is 3.44. The predicted octanol–water partition coefficient (Wildman–Crippen LogP) is 5.40. The first-order valence-electron chi connectivity index (χ1n) is 10.4. The van der Waals surface area contributed by atoms with Gasteiger partial charge in [-0.2, -0.15) is 0 Å². The van der Waals surface area contributed by atoms with Crippen LogP contribution >= 0.6 is 0 Å². The third-order valence-electron chi connectivity index (χ3n) is 5.08. The van der Waals surface area contributed by atoms with E-state index >= 15 is 0 Å². The van der Waals surface area contributed by atoms with Crippen LogP contribution < -0.4 is 14.8 Å². The van der Waals surface area contributed by atoms with Gasteiger partial charge in [-0.1, -0.05) is 19.1 Å². The summed E-state index contributed by atoms with van der Waals surface area (Å²) in [6.07, 6.45) is 3.83. The third kappa shape index (κ3) is 5.51. The van der Waals surface area contributed by atoms with Crippen molar-refractivity contribution >= 4 is 17.3 Å². The molecule has 3 aromatic rings. The van der Waals surface area contributed by atoms with E-state index in [9.17, 15) is 14.3 Å². The van der Waals surface area contributed by atoms with E-state index in [1.165, 1.54) is 13.2 Å². The van der Waals surface area contributed by atoms with Crippen molar-refractivity contribution in [2.45, 2.75) is 32.6 Å². The van der Waals surface area contributed by atoms with Gasteiger partial charge in [0.05, 0.1) is 38.2 Å². The summed E-state index contributed by atoms with van der Waals surface area (Å²) in [5, 5.41) is 12.5. The molecule has 0 radical (unpaired) electrons. The predicted molar refractivity (Wildman–Crippen MR) is 120 cm³/mol. The van der Waals surface area contributed by atoms with E-state index < -0.39 is 11.8 Å². The van der Waals surface area contributed by atoms with E-state index in [0.29, 0.717) is 41.3 Å². The van der Waals surface area contributed by atoms with Crippen LogP contribution in [-0.2, 0) is 4.79 Å². The molecule has 168 valence electrons. The number of anilines is 2. The van der Waals surface area contributed by atoms with Crippen LogP contribution in [0.4, 0.5) is 15.8 Å². The highest BCUT2D eigenvalue weighted by Crippen LogP contribution is 2.37. The van der Waals surface area contributed by atoms with Crippen LogP contribution in [-0.4, -0.2) is 34.8 Å². The maximum Gasteiger partial charge on any atom is 0.316 e. The van der Waals surface area contributed by atoms with E-state index in [1.807, 2.05) is 26.0 Å². The van der Waals surface area contributed by atoms with Gasteiger partial charge in [-0.25, -0.2) is 14.4 Å². The second-order valence-corrected chi connectivity index (χ2v) is 7.17. The van der Waals surface area contributed by atoms with E-state index in [2.05, 4.69) is 15.3 Å². The van der Waals surface area contributed by atoms with Crippen LogP contribution in [0.2, 0.25) is 0 Å². The Morgan fingerprint density at radius 2 is 1.84 bits per heavy atom. The number of halogens is 1. The van der Waals surface area contributed by atoms with Gasteiger partial charge in [-0.05, 0) is 43.0 Å². The highest BCUT2D eigenvalue weighted by Gasteiger charge is 2.18. The molecular formula is C24H26FN3O4. The minimum absolute atomic E-state index is 0.0123. The monoisotopic (exact) mass is 439 g/mol. The summed E-state index contributed by atoms with van der Waals surface area (Å²) in [5.74, 6) is -1.04. The number of carboxylic acid groups (broad SMARTS) is 1. The zero-order valence-corrected chi connectivity index (χ0v) is 18.3. The van der Waals surface area contributed by atoms with E-state index in [4.69, 9.17) is 9.47 Å². The molecule has 0 spiro atoms. The molecule has 0 saturated heterocycles. The summed E-state index contributed by atoms with van der Waals surface area (Å²) in [4.78, 5) is 19.6. The van der Waals surface area contributed by atoms with Crippen molar-refractivity contribution in [3.8, 4) is 22.9 Å². The van der Waals surface area contributed by atoms with Crippen LogP contribution in [0.1, 0.15) is 38.2 Å². The van der Waals surface area contributed by atoms with Crippen LogP contribution in [0.5, 0.6) is 11.8 Å². The maximum atomic E-state index is 14.8. The van der Waals surface area contributed by atoms with Crippen molar-refractivity contribution in [1.29, 1.82) is 0 Å². The largest absolute Gasteiger partial charge is 0.497 e. The highest BCUT2D eigenvalue weighted by molar-refractivity contribution is 5.82. The highest BCUT2D eigenvalue weighted by atomic mass is 19.1. The topological polar surface area (TPSA) is 93.6 Å². The molecule has 1 unspecified atom stereocenters. The Labute approximate surface area is 186 Å². The van der Waals surface area contributed by atoms with Gasteiger partial charge in [-0.3, -0.25) is 4.79 Å². The molecule has 0 aliphatic carbocycles. The van der Waals surface area contributed by atoms with Crippen molar-refractivity contribution in [3.05, 3.63) is 60.2 Å². The molecule has 8 heteroatoms. The summed E-state index contributed by atoms with van der Waals surface area (Å²) >= 11 is 0. The van der Waals surface area contributed by atoms with Gasteiger partial charge in [0.2, 0.25) is 0 Å². The Balaban J connectivity index is 2.04. The van der Waals surface area contributed by atoms with Crippen molar-refractivity contribution in [1.82, 2.24) is 9.97 Å². The van der Waals surface area contributed by atoms with Crippen LogP contribution in [0.15, 0.2) is 48.8 Å². The minimum Gasteiger partial charge on any atom is -0.497 e. The van der Waals surface area contributed by atoms with E-state index in [0.717, 1.165) is 5.56 Å². The molecule has 0 bridgehead atoms. The first-order chi connectivity index (χ1) is 15.4. The van der Waals surface area contributed by atoms with Gasteiger partial charge < -0.3 is 19.9 Å². The second kappa shape index (κ2) is 10.6. The number of hydrogen-bond donors (Lipinski definition) is 2. The number of nitrogens with one attached hydrogen (secondary N) is 1. The molecule has 1 heterocycles. The van der Waals surface area contributed by atoms with Crippen LogP contribution in [0, 0.1) is 5.82 Å². The molecule has 0 fully saturated rings. The molecule has 0 amide bonds. The van der Waals surface area contributed by atoms with Gasteiger partial charge in [0.15, 0.2) is 0 Å². The van der Waals surface area contributed by atoms with Gasteiger partial charge >= 0.3 is 12.0 Å². The summed E-state index contributed by atoms with van der Waals surface area (Å²) in [7, 11) is 1.48. The number of methoxy groups -OCH3 is 1. The van der Waals surface area contributed by atoms with E-state index in [1.54, 1.807) is 30.6 Å². The quantitative estimate of drug-likeness (QED) is 0.437. The zero-order valence-electron chi connectivity index (χ0n) is 18.3. The molecule has 0 aliphatic rings. The van der Waals surface area contributed by atoms with Gasteiger partial charge in [0, 0.05) is 22.9 Å². The summed E-state index contributed by atoms with van der Waals surface area (Å²) in [5.41, 5.74) is 3.06. The average Bonchev–Trinajstić information content (AvgIpc) is 2.79. The lowest BCUT2D eigenvalue weighted by Gasteiger charge is -2.19. The number of carbonyl (C=O) groups is 1. The number of nitrogens with zero attached hydrogens (tertiary/aromatic N) is 2. The van der Waals surface area contributed by atoms with Crippen molar-refractivity contribution in [3.63, 3.8) is 0 Å². The lowest BCUT2D eigenvalue weighted by Crippen LogP contribution is -2.06. The van der Waals surface area contributed by atoms with Crippen LogP contribution in [0.25, 0.3) is 11.1 Å². The number of rotatable bonds is 10. The number of aromatic nitrogens is 2. The van der Waals surface area contributed by atoms with Crippen molar-refractivity contribution in [2.75, 3.05) is 19.0 Å². The summed E-state index contributed by atoms with van der Waals surface area (Å²) in [6.45, 7) is 4.24. The Morgan fingerprint density at radius 1 is 1.12 bits per heavy atom. The molecule has 1 aromatic heterocycles. The fraction of sp³-hybridized carbons (Fsp3) is 0.292. The van der Waals surface area contributed by atoms with Crippen molar-refractivity contribution in [2.24, 2.45) is 0 Å². The number of aliphatic carboxylic acids is 1. The molecule has 32 heavy (non-hydrogen) atoms. The number of hydrogen-bond acceptors (Lipinski definition) is 6. The second-order valence-electron chi connectivity index (χ2n) is 7.17. The van der Waals surface area contributed by atoms with Gasteiger partial charge in [0.1, 0.15) is 11.6 Å². The van der Waals surface area contributed by atoms with E-state index in [-0.39, 0.29) is 18.3 Å². The average molecular weight is 439 g/mol. The SMILES string of the molecule is CCOc1ncc(Nc2cc(C(CC)CC(=O)O)ccc2-c2ccc(OC)cc2F)cn1. The molecule has 2 aromatic carbocycles. The molecule has 0 aliphatic heterocycles. The maximum absolute atomic E-state index is 14.8. The standard InChI is InChI=1S/C24H26FN3O4/c1-4-15(11-23(29)30)16-6-8-20(19-9-7-18(31-3)12-21(19)25)22(10-16)28-17-13-26-24(27-14-17)32-5-2/h6-10,12-15,28H,4-5,11H2,1-3H3,(H,29,30). The van der Waals surface area contributed by atoms with Crippen molar-refractivity contribution < 1.29 is 23.8 Å². The number of benzene rings is 2. The fourth-order valence-corrected chi connectivity index (χ4v) is 3.44. The lowest BCUT2D eigenvalue weighted by molar-refractivity contribution is -0.137. The Bertz CT molecular complexity index is 1070. The number of carboxylic acids is 1. The first-order valence-corrected chi connectivity index (χ1v) is 10.4. The molecule has 3 rings (SSSR count). The molecule has 7 nitrogen and oxygen atoms in total. The minimum atomic E-state index is -0.864. The molecule has 2 N–H and O–H groups in total. The van der Waals surface area contributed by atoms with Gasteiger partial charge in [0.25, 0.3) is 0 Å². The number of ether oxygens (including phenoxy) is 2. The van der Waals surface area contributed by atoms with Crippen LogP contribution in [0.3, 0.4) is 0 Å². The molecule has 1 atom stereocenters. The lowest BCUT2D eigenvalue weighted by atomic mass is 9.90. The molecule has 0 saturated carbocycles.